The van der Waals surface area contributed by atoms with E-state index < -0.39 is 43.7 Å². The van der Waals surface area contributed by atoms with Gasteiger partial charge >= 0.3 is 11.9 Å². The summed E-state index contributed by atoms with van der Waals surface area (Å²) in [5.74, 6) is -1.42. The summed E-state index contributed by atoms with van der Waals surface area (Å²) in [7, 11) is -3.98. The van der Waals surface area contributed by atoms with Crippen LogP contribution in [0.4, 0.5) is 5.13 Å². The Labute approximate surface area is 237 Å². The first-order valence-electron chi connectivity index (χ1n) is 12.8. The largest absolute Gasteiger partial charge is 0.462 e. The number of nitrogens with zero attached hydrogens (tertiary/aromatic N) is 1. The van der Waals surface area contributed by atoms with E-state index in [9.17, 15) is 18.9 Å². The fraction of sp³-hybridized carbons (Fsp3) is 0.407. The number of furan rings is 1. The van der Waals surface area contributed by atoms with Gasteiger partial charge in [0.2, 0.25) is 5.78 Å². The molecular weight excluding hydrogens is 555 g/mol. The molecule has 0 aliphatic carbocycles. The predicted molar refractivity (Wildman–Crippen MR) is 154 cm³/mol. The third-order valence-corrected chi connectivity index (χ3v) is 8.78. The summed E-state index contributed by atoms with van der Waals surface area (Å²) < 4.78 is 30.8. The Hall–Kier alpha value is -3.31. The summed E-state index contributed by atoms with van der Waals surface area (Å²) >= 11 is 1.01. The molecule has 11 nitrogen and oxygen atoms in total. The first-order chi connectivity index (χ1) is 18.7. The third kappa shape index (κ3) is 7.45. The van der Waals surface area contributed by atoms with E-state index in [0.717, 1.165) is 16.9 Å². The Kier molecular flexibility index (Phi) is 10.1. The molecule has 1 aromatic carbocycles. The van der Waals surface area contributed by atoms with Crippen LogP contribution in [-0.2, 0) is 23.6 Å². The fourth-order valence-corrected chi connectivity index (χ4v) is 6.65. The summed E-state index contributed by atoms with van der Waals surface area (Å²) in [5.41, 5.74) is 7.33. The van der Waals surface area contributed by atoms with Gasteiger partial charge < -0.3 is 19.6 Å². The van der Waals surface area contributed by atoms with Crippen LogP contribution in [0.5, 0.6) is 0 Å². The maximum absolute atomic E-state index is 14.3. The Balaban J connectivity index is 2.00. The number of hydrogen-bond acceptors (Lipinski definition) is 10. The number of hydrogen-bond donors (Lipinski definition) is 3. The van der Waals surface area contributed by atoms with Crippen LogP contribution in [-0.4, -0.2) is 47.0 Å². The first kappa shape index (κ1) is 31.2. The number of nitrogen functional groups attached to an aromatic ring is 1. The van der Waals surface area contributed by atoms with E-state index in [1.807, 2.05) is 19.1 Å². The summed E-state index contributed by atoms with van der Waals surface area (Å²) in [6.07, 6.45) is -0.780. The van der Waals surface area contributed by atoms with Gasteiger partial charge in [-0.3, -0.25) is 18.9 Å². The zero-order valence-corrected chi connectivity index (χ0v) is 25.2. The average Bonchev–Trinajstić information content (AvgIpc) is 3.50. The molecule has 2 heterocycles. The molecular formula is C27H35N4O7PS. The minimum atomic E-state index is -3.98. The molecule has 0 amide bonds. The molecule has 216 valence electrons. The second kappa shape index (κ2) is 12.9. The van der Waals surface area contributed by atoms with Gasteiger partial charge in [0.05, 0.1) is 12.2 Å². The van der Waals surface area contributed by atoms with Crippen LogP contribution in [0.1, 0.15) is 62.3 Å². The number of rotatable bonds is 12. The standard InChI is InChI=1S/C27H35N4O7PS/c1-14(2)36-25(33)17(6)30-39(35,31-18(7)26(34)37-15(3)4)21-13-12-20(38-21)22-24(40-27(28)29-22)23(32)19-11-9-8-10-16(19)5/h8-15,17-18H,1-7H3,(H2,28,29)(H2,30,31,35)/t17-,18?,39?/m0/s1. The second-order valence-electron chi connectivity index (χ2n) is 9.79. The van der Waals surface area contributed by atoms with Crippen LogP contribution in [0, 0.1) is 6.92 Å². The van der Waals surface area contributed by atoms with Crippen LogP contribution in [0.2, 0.25) is 0 Å². The van der Waals surface area contributed by atoms with Gasteiger partial charge in [0.15, 0.2) is 16.4 Å². The van der Waals surface area contributed by atoms with Crippen LogP contribution >= 0.6 is 18.8 Å². The molecule has 13 heteroatoms. The highest BCUT2D eigenvalue weighted by atomic mass is 32.1. The summed E-state index contributed by atoms with van der Waals surface area (Å²) in [5, 5.41) is 5.66. The normalized spacial score (nSPS) is 14.5. The monoisotopic (exact) mass is 590 g/mol. The van der Waals surface area contributed by atoms with Crippen molar-refractivity contribution >= 4 is 47.1 Å². The number of esters is 2. The average molecular weight is 591 g/mol. The molecule has 0 radical (unpaired) electrons. The molecule has 0 aliphatic rings. The van der Waals surface area contributed by atoms with Gasteiger partial charge in [-0.05, 0) is 66.2 Å². The molecule has 40 heavy (non-hydrogen) atoms. The lowest BCUT2D eigenvalue weighted by Crippen LogP contribution is -2.45. The van der Waals surface area contributed by atoms with E-state index in [-0.39, 0.29) is 32.7 Å². The summed E-state index contributed by atoms with van der Waals surface area (Å²) in [6.45, 7) is 11.6. The van der Waals surface area contributed by atoms with Crippen molar-refractivity contribution in [3.05, 3.63) is 52.4 Å². The van der Waals surface area contributed by atoms with Crippen LogP contribution < -0.4 is 21.4 Å². The van der Waals surface area contributed by atoms with E-state index in [0.29, 0.717) is 5.56 Å². The Bertz CT molecular complexity index is 1400. The molecule has 0 spiro atoms. The van der Waals surface area contributed by atoms with Crippen molar-refractivity contribution in [2.45, 2.75) is 72.8 Å². The van der Waals surface area contributed by atoms with Gasteiger partial charge in [-0.2, -0.15) is 0 Å². The number of ketones is 1. The van der Waals surface area contributed by atoms with Crippen LogP contribution in [0.15, 0.2) is 40.8 Å². The number of nitrogens with two attached hydrogens (primary N) is 1. The van der Waals surface area contributed by atoms with Crippen molar-refractivity contribution in [3.63, 3.8) is 0 Å². The predicted octanol–water partition coefficient (Wildman–Crippen LogP) is 4.20. The van der Waals surface area contributed by atoms with Gasteiger partial charge in [-0.1, -0.05) is 35.6 Å². The van der Waals surface area contributed by atoms with E-state index in [1.165, 1.54) is 26.0 Å². The van der Waals surface area contributed by atoms with Crippen molar-refractivity contribution in [1.82, 2.24) is 15.2 Å². The lowest BCUT2D eigenvalue weighted by molar-refractivity contribution is -0.149. The number of aromatic nitrogens is 1. The van der Waals surface area contributed by atoms with Crippen molar-refractivity contribution < 1.29 is 32.8 Å². The molecule has 3 rings (SSSR count). The van der Waals surface area contributed by atoms with Crippen LogP contribution in [0.25, 0.3) is 11.5 Å². The maximum Gasteiger partial charge on any atom is 0.323 e. The van der Waals surface area contributed by atoms with Gasteiger partial charge in [-0.15, -0.1) is 0 Å². The zero-order chi connectivity index (χ0) is 29.8. The second-order valence-corrected chi connectivity index (χ2v) is 13.0. The molecule has 3 aromatic rings. The molecule has 4 N–H and O–H groups in total. The first-order valence-corrected chi connectivity index (χ1v) is 15.3. The highest BCUT2D eigenvalue weighted by Gasteiger charge is 2.37. The molecule has 0 aliphatic heterocycles. The molecule has 2 unspecified atom stereocenters. The number of carbonyl (C=O) groups excluding carboxylic acids is 3. The number of benzene rings is 1. The summed E-state index contributed by atoms with van der Waals surface area (Å²) in [4.78, 5) is 43.0. The van der Waals surface area contributed by atoms with Gasteiger partial charge in [-0.25, -0.2) is 15.2 Å². The number of ether oxygens (including phenoxy) is 2. The highest BCUT2D eigenvalue weighted by Crippen LogP contribution is 2.40. The smallest absolute Gasteiger partial charge is 0.323 e. The van der Waals surface area contributed by atoms with Crippen molar-refractivity contribution in [1.29, 1.82) is 0 Å². The SMILES string of the molecule is Cc1ccccc1C(=O)c1sc(N)nc1-c1ccc(P(=O)(NC(C)C(=O)OC(C)C)N[C@@H](C)C(=O)OC(C)C)o1. The quantitative estimate of drug-likeness (QED) is 0.157. The van der Waals surface area contributed by atoms with E-state index in [4.69, 9.17) is 19.6 Å². The maximum atomic E-state index is 14.3. The zero-order valence-electron chi connectivity index (χ0n) is 23.5. The minimum Gasteiger partial charge on any atom is -0.462 e. The Morgan fingerprint density at radius 3 is 2.00 bits per heavy atom. The number of aryl methyl sites for hydroxylation is 1. The molecule has 0 fully saturated rings. The lowest BCUT2D eigenvalue weighted by atomic mass is 10.0. The number of thiazole rings is 1. The molecule has 0 bridgehead atoms. The van der Waals surface area contributed by atoms with Crippen LogP contribution in [0.3, 0.4) is 0 Å². The number of nitrogens with one attached hydrogen (secondary N) is 2. The third-order valence-electron chi connectivity index (χ3n) is 5.54. The minimum absolute atomic E-state index is 0.100. The molecule has 0 saturated carbocycles. The molecule has 0 saturated heterocycles. The highest BCUT2D eigenvalue weighted by molar-refractivity contribution is 7.67. The Morgan fingerprint density at radius 2 is 1.48 bits per heavy atom. The summed E-state index contributed by atoms with van der Waals surface area (Å²) in [6, 6.07) is 8.00. The Morgan fingerprint density at radius 1 is 0.925 bits per heavy atom. The van der Waals surface area contributed by atoms with E-state index in [2.05, 4.69) is 15.2 Å². The number of anilines is 1. The molecule has 2 aromatic heterocycles. The van der Waals surface area contributed by atoms with Gasteiger partial charge in [0.25, 0.3) is 7.44 Å². The van der Waals surface area contributed by atoms with Crippen molar-refractivity contribution in [3.8, 4) is 11.5 Å². The van der Waals surface area contributed by atoms with Gasteiger partial charge in [0.1, 0.15) is 22.7 Å². The van der Waals surface area contributed by atoms with Crippen molar-refractivity contribution in [2.24, 2.45) is 0 Å². The van der Waals surface area contributed by atoms with E-state index in [1.54, 1.807) is 39.8 Å². The topological polar surface area (TPSA) is 163 Å². The molecule has 3 atom stereocenters. The fourth-order valence-electron chi connectivity index (χ4n) is 3.72. The number of carbonyl (C=O) groups is 3. The van der Waals surface area contributed by atoms with E-state index >= 15 is 0 Å². The van der Waals surface area contributed by atoms with Crippen molar-refractivity contribution in [2.75, 3.05) is 5.73 Å². The van der Waals surface area contributed by atoms with Gasteiger partial charge in [0, 0.05) is 5.56 Å². The lowest BCUT2D eigenvalue weighted by Gasteiger charge is -2.25.